The second kappa shape index (κ2) is 11.1. The van der Waals surface area contributed by atoms with Crippen molar-refractivity contribution in [3.63, 3.8) is 0 Å². The maximum Gasteiger partial charge on any atom is 0.295 e. The van der Waals surface area contributed by atoms with Gasteiger partial charge in [0.05, 0.1) is 23.1 Å². The number of non-ortho nitro benzene ring substituents is 1. The zero-order valence-electron chi connectivity index (χ0n) is 20.3. The molecule has 1 aliphatic heterocycles. The fraction of sp³-hybridized carbons (Fsp3) is 0.385. The third-order valence-corrected chi connectivity index (χ3v) is 5.73. The number of carbonyl (C=O) groups excluding carboxylic acids is 2. The van der Waals surface area contributed by atoms with Crippen molar-refractivity contribution in [3.05, 3.63) is 74.8 Å². The molecule has 1 heterocycles. The molecule has 0 saturated carbocycles. The van der Waals surface area contributed by atoms with Crippen molar-refractivity contribution in [2.24, 2.45) is 5.92 Å². The molecule has 1 fully saturated rings. The molecule has 0 aromatic heterocycles. The first-order valence-electron chi connectivity index (χ1n) is 11.4. The van der Waals surface area contributed by atoms with E-state index in [2.05, 4.69) is 0 Å². The molecule has 9 heteroatoms. The first-order chi connectivity index (χ1) is 16.6. The minimum atomic E-state index is -0.884. The number of Topliss-reactive ketones (excluding diaryl/α,β-unsaturated/α-hetero) is 1. The Hall–Kier alpha value is -3.72. The maximum atomic E-state index is 13.1. The van der Waals surface area contributed by atoms with Crippen LogP contribution in [0.1, 0.15) is 43.0 Å². The van der Waals surface area contributed by atoms with Crippen LogP contribution in [0.25, 0.3) is 5.76 Å². The highest BCUT2D eigenvalue weighted by Gasteiger charge is 2.45. The summed E-state index contributed by atoms with van der Waals surface area (Å²) in [6.07, 6.45) is 0.480. The smallest absolute Gasteiger partial charge is 0.295 e. The predicted molar refractivity (Wildman–Crippen MR) is 130 cm³/mol. The number of ether oxygens (including phenoxy) is 2. The lowest BCUT2D eigenvalue weighted by atomic mass is 9.94. The summed E-state index contributed by atoms with van der Waals surface area (Å²) in [5.74, 6) is -0.833. The molecule has 0 radical (unpaired) electrons. The number of benzene rings is 2. The number of carbonyl (C=O) groups is 2. The van der Waals surface area contributed by atoms with Gasteiger partial charge in [-0.15, -0.1) is 0 Å². The quantitative estimate of drug-likeness (QED) is 0.133. The summed E-state index contributed by atoms with van der Waals surface area (Å²) in [5, 5.41) is 22.3. The van der Waals surface area contributed by atoms with E-state index in [9.17, 15) is 24.8 Å². The molecule has 1 saturated heterocycles. The number of amides is 1. The van der Waals surface area contributed by atoms with Crippen LogP contribution in [-0.4, -0.2) is 53.5 Å². The Balaban J connectivity index is 2.06. The SMILES string of the molecule is COCCCN1C(=O)C(=O)/C(=C(/O)c2ccc(OCC(C)C)c(C)c2)C1c1ccc([N+](=O)[O-])cc1. The lowest BCUT2D eigenvalue weighted by Gasteiger charge is -2.25. The summed E-state index contributed by atoms with van der Waals surface area (Å²) in [6, 6.07) is 9.82. The summed E-state index contributed by atoms with van der Waals surface area (Å²) in [6.45, 7) is 7.06. The van der Waals surface area contributed by atoms with E-state index in [4.69, 9.17) is 9.47 Å². The number of methoxy groups -OCH3 is 1. The molecule has 1 N–H and O–H groups in total. The number of aliphatic hydroxyl groups excluding tert-OH is 1. The topological polar surface area (TPSA) is 119 Å². The molecular formula is C26H30N2O7. The van der Waals surface area contributed by atoms with Crippen LogP contribution in [0.5, 0.6) is 5.75 Å². The van der Waals surface area contributed by atoms with E-state index in [0.29, 0.717) is 42.4 Å². The lowest BCUT2D eigenvalue weighted by molar-refractivity contribution is -0.384. The van der Waals surface area contributed by atoms with Gasteiger partial charge in [0.1, 0.15) is 11.5 Å². The molecule has 1 unspecified atom stereocenters. The first kappa shape index (κ1) is 25.9. The van der Waals surface area contributed by atoms with Gasteiger partial charge in [0, 0.05) is 38.0 Å². The van der Waals surface area contributed by atoms with Crippen LogP contribution >= 0.6 is 0 Å². The summed E-state index contributed by atoms with van der Waals surface area (Å²) in [7, 11) is 1.54. The number of rotatable bonds is 10. The molecule has 1 aliphatic rings. The molecule has 2 aromatic rings. The Morgan fingerprint density at radius 3 is 2.43 bits per heavy atom. The standard InChI is InChI=1S/C26H30N2O7/c1-16(2)15-35-21-11-8-19(14-17(21)3)24(29)22-23(18-6-9-20(10-7-18)28(32)33)27(12-5-13-34-4)26(31)25(22)30/h6-11,14,16,23,29H,5,12-13,15H2,1-4H3/b24-22+. The molecule has 0 aliphatic carbocycles. The van der Waals surface area contributed by atoms with Gasteiger partial charge in [-0.05, 0) is 60.7 Å². The van der Waals surface area contributed by atoms with Gasteiger partial charge < -0.3 is 19.5 Å². The number of aliphatic hydroxyl groups is 1. The number of aryl methyl sites for hydroxylation is 1. The second-order valence-corrected chi connectivity index (χ2v) is 8.87. The Morgan fingerprint density at radius 2 is 1.86 bits per heavy atom. The van der Waals surface area contributed by atoms with Crippen LogP contribution in [0.4, 0.5) is 5.69 Å². The zero-order valence-corrected chi connectivity index (χ0v) is 20.3. The third kappa shape index (κ3) is 5.68. The average Bonchev–Trinajstić information content (AvgIpc) is 3.08. The molecule has 35 heavy (non-hydrogen) atoms. The molecule has 0 bridgehead atoms. The Labute approximate surface area is 204 Å². The molecule has 9 nitrogen and oxygen atoms in total. The van der Waals surface area contributed by atoms with Crippen molar-refractivity contribution < 1.29 is 29.1 Å². The molecule has 2 aromatic carbocycles. The maximum absolute atomic E-state index is 13.1. The van der Waals surface area contributed by atoms with E-state index in [0.717, 1.165) is 5.56 Å². The number of nitrogens with zero attached hydrogens (tertiary/aromatic N) is 2. The van der Waals surface area contributed by atoms with Gasteiger partial charge in [0.25, 0.3) is 17.4 Å². The third-order valence-electron chi connectivity index (χ3n) is 5.73. The largest absolute Gasteiger partial charge is 0.507 e. The van der Waals surface area contributed by atoms with E-state index in [1.165, 1.54) is 29.2 Å². The van der Waals surface area contributed by atoms with Gasteiger partial charge in [-0.3, -0.25) is 19.7 Å². The summed E-state index contributed by atoms with van der Waals surface area (Å²) in [4.78, 5) is 38.0. The number of nitro groups is 1. The highest BCUT2D eigenvalue weighted by atomic mass is 16.6. The number of likely N-dealkylation sites (tertiary alicyclic amines) is 1. The molecule has 1 atom stereocenters. The summed E-state index contributed by atoms with van der Waals surface area (Å²) in [5.41, 5.74) is 1.47. The Bertz CT molecular complexity index is 1140. The first-order valence-corrected chi connectivity index (χ1v) is 11.4. The minimum Gasteiger partial charge on any atom is -0.507 e. The van der Waals surface area contributed by atoms with Crippen LogP contribution < -0.4 is 4.74 Å². The number of ketones is 1. The van der Waals surface area contributed by atoms with Crippen molar-refractivity contribution in [1.29, 1.82) is 0 Å². The minimum absolute atomic E-state index is 0.0588. The number of hydrogen-bond acceptors (Lipinski definition) is 7. The van der Waals surface area contributed by atoms with Gasteiger partial charge in [-0.2, -0.15) is 0 Å². The summed E-state index contributed by atoms with van der Waals surface area (Å²) >= 11 is 0. The van der Waals surface area contributed by atoms with Crippen molar-refractivity contribution in [2.75, 3.05) is 26.9 Å². The van der Waals surface area contributed by atoms with E-state index in [-0.39, 0.29) is 23.6 Å². The second-order valence-electron chi connectivity index (χ2n) is 8.87. The number of hydrogen-bond donors (Lipinski definition) is 1. The Morgan fingerprint density at radius 1 is 1.17 bits per heavy atom. The molecule has 3 rings (SSSR count). The molecule has 1 amide bonds. The van der Waals surface area contributed by atoms with Gasteiger partial charge in [-0.25, -0.2) is 0 Å². The normalized spacial score (nSPS) is 17.3. The highest BCUT2D eigenvalue weighted by molar-refractivity contribution is 6.46. The van der Waals surface area contributed by atoms with Crippen LogP contribution in [0, 0.1) is 23.0 Å². The lowest BCUT2D eigenvalue weighted by Crippen LogP contribution is -2.31. The van der Waals surface area contributed by atoms with Crippen LogP contribution in [-0.2, 0) is 14.3 Å². The molecule has 186 valence electrons. The van der Waals surface area contributed by atoms with Gasteiger partial charge in [0.15, 0.2) is 0 Å². The summed E-state index contributed by atoms with van der Waals surface area (Å²) < 4.78 is 10.9. The molecular weight excluding hydrogens is 452 g/mol. The van der Waals surface area contributed by atoms with Crippen molar-refractivity contribution >= 4 is 23.1 Å². The molecule has 0 spiro atoms. The van der Waals surface area contributed by atoms with Gasteiger partial charge in [-0.1, -0.05) is 13.8 Å². The zero-order chi connectivity index (χ0) is 25.7. The van der Waals surface area contributed by atoms with Gasteiger partial charge >= 0.3 is 0 Å². The van der Waals surface area contributed by atoms with Crippen molar-refractivity contribution in [1.82, 2.24) is 4.90 Å². The monoisotopic (exact) mass is 482 g/mol. The predicted octanol–water partition coefficient (Wildman–Crippen LogP) is 4.40. The van der Waals surface area contributed by atoms with E-state index in [1.54, 1.807) is 25.3 Å². The average molecular weight is 483 g/mol. The van der Waals surface area contributed by atoms with Crippen molar-refractivity contribution in [2.45, 2.75) is 33.2 Å². The van der Waals surface area contributed by atoms with Gasteiger partial charge in [0.2, 0.25) is 0 Å². The highest BCUT2D eigenvalue weighted by Crippen LogP contribution is 2.40. The number of nitro benzene ring substituents is 1. The van der Waals surface area contributed by atoms with Crippen molar-refractivity contribution in [3.8, 4) is 5.75 Å². The Kier molecular flexibility index (Phi) is 8.24. The fourth-order valence-corrected chi connectivity index (χ4v) is 3.99. The van der Waals surface area contributed by atoms with E-state index >= 15 is 0 Å². The van der Waals surface area contributed by atoms with Crippen LogP contribution in [0.15, 0.2) is 48.0 Å². The van der Waals surface area contributed by atoms with E-state index < -0.39 is 22.7 Å². The fourth-order valence-electron chi connectivity index (χ4n) is 3.99. The van der Waals surface area contributed by atoms with E-state index in [1.807, 2.05) is 20.8 Å². The van der Waals surface area contributed by atoms with Crippen LogP contribution in [0.3, 0.4) is 0 Å². The van der Waals surface area contributed by atoms with Crippen LogP contribution in [0.2, 0.25) is 0 Å².